The molecule has 0 heterocycles. The molecular weight excluding hydrogens is 300 g/mol. The Morgan fingerprint density at radius 2 is 1.71 bits per heavy atom. The van der Waals surface area contributed by atoms with Gasteiger partial charge in [-0.2, -0.15) is 0 Å². The zero-order valence-corrected chi connectivity index (χ0v) is 14.4. The predicted octanol–water partition coefficient (Wildman–Crippen LogP) is 4.17. The van der Waals surface area contributed by atoms with Crippen LogP contribution in [0.25, 0.3) is 0 Å². The second-order valence-electron chi connectivity index (χ2n) is 6.01. The van der Waals surface area contributed by atoms with Gasteiger partial charge in [0.1, 0.15) is 0 Å². The quantitative estimate of drug-likeness (QED) is 0.838. The molecular formula is C20H24N2O2. The molecule has 0 saturated heterocycles. The van der Waals surface area contributed by atoms with E-state index in [1.165, 1.54) is 0 Å². The molecule has 0 saturated carbocycles. The van der Waals surface area contributed by atoms with Crippen LogP contribution in [-0.4, -0.2) is 17.9 Å². The van der Waals surface area contributed by atoms with Crippen LogP contribution in [0.1, 0.15) is 53.0 Å². The summed E-state index contributed by atoms with van der Waals surface area (Å²) in [6.07, 6.45) is 1.96. The summed E-state index contributed by atoms with van der Waals surface area (Å²) in [5, 5.41) is 5.86. The number of carbonyl (C=O) groups excluding carboxylic acids is 2. The second-order valence-corrected chi connectivity index (χ2v) is 6.01. The molecule has 1 atom stereocenters. The Bertz CT molecular complexity index is 711. The normalized spacial score (nSPS) is 11.6. The molecule has 0 unspecified atom stereocenters. The van der Waals surface area contributed by atoms with Crippen molar-refractivity contribution in [2.24, 2.45) is 0 Å². The fourth-order valence-corrected chi connectivity index (χ4v) is 2.49. The molecule has 0 aliphatic carbocycles. The van der Waals surface area contributed by atoms with Crippen molar-refractivity contribution in [2.75, 3.05) is 5.32 Å². The standard InChI is InChI=1S/C20H24N2O2/c1-4-8-15(3)21-20(24)17-12-11-14(2)18(13-17)22-19(23)16-9-6-5-7-10-16/h5-7,9-13,15H,4,8H2,1-3H3,(H,21,24)(H,22,23)/t15-/m0/s1. The summed E-state index contributed by atoms with van der Waals surface area (Å²) < 4.78 is 0. The third kappa shape index (κ3) is 4.69. The fraction of sp³-hybridized carbons (Fsp3) is 0.300. The maximum absolute atomic E-state index is 12.3. The van der Waals surface area contributed by atoms with Gasteiger partial charge in [-0.15, -0.1) is 0 Å². The van der Waals surface area contributed by atoms with E-state index < -0.39 is 0 Å². The lowest BCUT2D eigenvalue weighted by Crippen LogP contribution is -2.32. The molecule has 0 aliphatic rings. The van der Waals surface area contributed by atoms with Crippen LogP contribution in [0.2, 0.25) is 0 Å². The molecule has 24 heavy (non-hydrogen) atoms. The van der Waals surface area contributed by atoms with Gasteiger partial charge in [0.15, 0.2) is 0 Å². The Balaban J connectivity index is 2.14. The van der Waals surface area contributed by atoms with Crippen molar-refractivity contribution in [3.8, 4) is 0 Å². The Kier molecular flexibility index (Phi) is 6.13. The van der Waals surface area contributed by atoms with Crippen molar-refractivity contribution >= 4 is 17.5 Å². The van der Waals surface area contributed by atoms with E-state index in [-0.39, 0.29) is 17.9 Å². The van der Waals surface area contributed by atoms with Gasteiger partial charge in [0, 0.05) is 22.9 Å². The highest BCUT2D eigenvalue weighted by atomic mass is 16.2. The highest BCUT2D eigenvalue weighted by Crippen LogP contribution is 2.18. The topological polar surface area (TPSA) is 58.2 Å². The van der Waals surface area contributed by atoms with Crippen LogP contribution in [-0.2, 0) is 0 Å². The van der Waals surface area contributed by atoms with Gasteiger partial charge in [0.25, 0.3) is 11.8 Å². The first-order valence-corrected chi connectivity index (χ1v) is 8.29. The SMILES string of the molecule is CCC[C@H](C)NC(=O)c1ccc(C)c(NC(=O)c2ccccc2)c1. The van der Waals surface area contributed by atoms with Gasteiger partial charge < -0.3 is 10.6 Å². The molecule has 2 N–H and O–H groups in total. The summed E-state index contributed by atoms with van der Waals surface area (Å²) in [5.41, 5.74) is 2.70. The molecule has 2 amide bonds. The molecule has 0 radical (unpaired) electrons. The third-order valence-corrected chi connectivity index (χ3v) is 3.88. The number of hydrogen-bond acceptors (Lipinski definition) is 2. The van der Waals surface area contributed by atoms with Crippen molar-refractivity contribution in [2.45, 2.75) is 39.7 Å². The van der Waals surface area contributed by atoms with E-state index >= 15 is 0 Å². The summed E-state index contributed by atoms with van der Waals surface area (Å²) in [4.78, 5) is 24.6. The minimum Gasteiger partial charge on any atom is -0.350 e. The Morgan fingerprint density at radius 1 is 1.00 bits per heavy atom. The predicted molar refractivity (Wildman–Crippen MR) is 97.4 cm³/mol. The van der Waals surface area contributed by atoms with E-state index in [0.29, 0.717) is 16.8 Å². The smallest absolute Gasteiger partial charge is 0.255 e. The molecule has 0 spiro atoms. The van der Waals surface area contributed by atoms with Crippen molar-refractivity contribution in [1.82, 2.24) is 5.32 Å². The Labute approximate surface area is 143 Å². The molecule has 4 heteroatoms. The van der Waals surface area contributed by atoms with E-state index in [2.05, 4.69) is 17.6 Å². The number of aryl methyl sites for hydroxylation is 1. The lowest BCUT2D eigenvalue weighted by molar-refractivity contribution is 0.0937. The molecule has 0 aliphatic heterocycles. The van der Waals surface area contributed by atoms with E-state index in [1.54, 1.807) is 24.3 Å². The van der Waals surface area contributed by atoms with Crippen LogP contribution in [0.4, 0.5) is 5.69 Å². The van der Waals surface area contributed by atoms with Gasteiger partial charge >= 0.3 is 0 Å². The molecule has 0 bridgehead atoms. The van der Waals surface area contributed by atoms with Gasteiger partial charge in [-0.05, 0) is 50.1 Å². The van der Waals surface area contributed by atoms with Crippen LogP contribution in [0.5, 0.6) is 0 Å². The first kappa shape index (κ1) is 17.7. The zero-order chi connectivity index (χ0) is 17.5. The highest BCUT2D eigenvalue weighted by Gasteiger charge is 2.13. The average Bonchev–Trinajstić information content (AvgIpc) is 2.57. The summed E-state index contributed by atoms with van der Waals surface area (Å²) >= 11 is 0. The number of benzene rings is 2. The van der Waals surface area contributed by atoms with E-state index in [0.717, 1.165) is 18.4 Å². The monoisotopic (exact) mass is 324 g/mol. The molecule has 126 valence electrons. The van der Waals surface area contributed by atoms with Crippen LogP contribution in [0.15, 0.2) is 48.5 Å². The van der Waals surface area contributed by atoms with Crippen LogP contribution in [0.3, 0.4) is 0 Å². The van der Waals surface area contributed by atoms with Gasteiger partial charge in [0.05, 0.1) is 0 Å². The van der Waals surface area contributed by atoms with Crippen molar-refractivity contribution in [3.05, 3.63) is 65.2 Å². The average molecular weight is 324 g/mol. The molecule has 2 rings (SSSR count). The molecule has 2 aromatic rings. The third-order valence-electron chi connectivity index (χ3n) is 3.88. The van der Waals surface area contributed by atoms with Gasteiger partial charge in [-0.3, -0.25) is 9.59 Å². The number of anilines is 1. The first-order chi connectivity index (χ1) is 11.5. The number of amides is 2. The first-order valence-electron chi connectivity index (χ1n) is 8.29. The molecule has 0 aromatic heterocycles. The number of hydrogen-bond donors (Lipinski definition) is 2. The van der Waals surface area contributed by atoms with E-state index in [1.807, 2.05) is 38.1 Å². The lowest BCUT2D eigenvalue weighted by Gasteiger charge is -2.14. The minimum atomic E-state index is -0.185. The molecule has 0 fully saturated rings. The van der Waals surface area contributed by atoms with Crippen molar-refractivity contribution in [3.63, 3.8) is 0 Å². The van der Waals surface area contributed by atoms with E-state index in [4.69, 9.17) is 0 Å². The summed E-state index contributed by atoms with van der Waals surface area (Å²) in [7, 11) is 0. The number of carbonyl (C=O) groups is 2. The van der Waals surface area contributed by atoms with Crippen molar-refractivity contribution < 1.29 is 9.59 Å². The van der Waals surface area contributed by atoms with Crippen LogP contribution < -0.4 is 10.6 Å². The maximum Gasteiger partial charge on any atom is 0.255 e. The van der Waals surface area contributed by atoms with Gasteiger partial charge in [-0.1, -0.05) is 37.6 Å². The van der Waals surface area contributed by atoms with Gasteiger partial charge in [-0.25, -0.2) is 0 Å². The van der Waals surface area contributed by atoms with Gasteiger partial charge in [0.2, 0.25) is 0 Å². The fourth-order valence-electron chi connectivity index (χ4n) is 2.49. The van der Waals surface area contributed by atoms with Crippen molar-refractivity contribution in [1.29, 1.82) is 0 Å². The largest absolute Gasteiger partial charge is 0.350 e. The van der Waals surface area contributed by atoms with E-state index in [9.17, 15) is 9.59 Å². The maximum atomic E-state index is 12.3. The molecule has 4 nitrogen and oxygen atoms in total. The summed E-state index contributed by atoms with van der Waals surface area (Å²) in [5.74, 6) is -0.304. The van der Waals surface area contributed by atoms with Crippen LogP contribution >= 0.6 is 0 Å². The lowest BCUT2D eigenvalue weighted by atomic mass is 10.1. The Hall–Kier alpha value is -2.62. The number of nitrogens with one attached hydrogen (secondary N) is 2. The summed E-state index contributed by atoms with van der Waals surface area (Å²) in [6, 6.07) is 14.5. The zero-order valence-electron chi connectivity index (χ0n) is 14.4. The molecule has 2 aromatic carbocycles. The summed E-state index contributed by atoms with van der Waals surface area (Å²) in [6.45, 7) is 5.99. The number of rotatable bonds is 6. The Morgan fingerprint density at radius 3 is 2.38 bits per heavy atom. The highest BCUT2D eigenvalue weighted by molar-refractivity contribution is 6.05. The minimum absolute atomic E-state index is 0.119. The second kappa shape index (κ2) is 8.29. The van der Waals surface area contributed by atoms with Crippen LogP contribution in [0, 0.1) is 6.92 Å².